The zero-order chi connectivity index (χ0) is 17.3. The average molecular weight is 328 g/mol. The third-order valence-corrected chi connectivity index (χ3v) is 4.21. The predicted octanol–water partition coefficient (Wildman–Crippen LogP) is 2.01. The minimum Gasteiger partial charge on any atom is -0.379 e. The summed E-state index contributed by atoms with van der Waals surface area (Å²) in [4.78, 5) is 32.9. The molecule has 126 valence electrons. The van der Waals surface area contributed by atoms with Crippen molar-refractivity contribution in [2.75, 3.05) is 13.7 Å². The second-order valence-electron chi connectivity index (χ2n) is 5.86. The highest BCUT2D eigenvalue weighted by molar-refractivity contribution is 6.02. The predicted molar refractivity (Wildman–Crippen MR) is 88.2 cm³/mol. The molecule has 0 aliphatic carbocycles. The number of imidazole rings is 1. The molecule has 24 heavy (non-hydrogen) atoms. The fourth-order valence-corrected chi connectivity index (χ4v) is 2.77. The summed E-state index contributed by atoms with van der Waals surface area (Å²) in [6, 6.07) is 6.99. The molecule has 1 aliphatic heterocycles. The molecule has 1 aromatic carbocycles. The number of ether oxygens (including phenoxy) is 1. The lowest BCUT2D eigenvalue weighted by Gasteiger charge is -2.27. The number of rotatable bonds is 5. The molecule has 0 saturated carbocycles. The van der Waals surface area contributed by atoms with E-state index < -0.39 is 18.2 Å². The van der Waals surface area contributed by atoms with E-state index in [0.29, 0.717) is 5.82 Å². The second kappa shape index (κ2) is 6.45. The highest BCUT2D eigenvalue weighted by Crippen LogP contribution is 2.28. The maximum atomic E-state index is 12.1. The second-order valence-corrected chi connectivity index (χ2v) is 5.86. The fourth-order valence-electron chi connectivity index (χ4n) is 2.77. The molecule has 3 rings (SSSR count). The standard InChI is InChI=1S/C17H20N4O3/c1-10-4-6-12(7-5-10)13-8-18-16(20-13)15(11(2)24-3)21-14(22)9-19-17(21)23/h4-8,11,15H,9H2,1-3H3,(H,18,20)(H,19,23). The molecule has 2 aromatic rings. The number of benzene rings is 1. The average Bonchev–Trinajstić information content (AvgIpc) is 3.18. The van der Waals surface area contributed by atoms with Gasteiger partial charge in [0.05, 0.1) is 24.5 Å². The number of amides is 3. The number of aryl methyl sites for hydroxylation is 1. The highest BCUT2D eigenvalue weighted by atomic mass is 16.5. The molecule has 7 heteroatoms. The van der Waals surface area contributed by atoms with E-state index in [1.165, 1.54) is 10.5 Å². The summed E-state index contributed by atoms with van der Waals surface area (Å²) in [7, 11) is 1.54. The minimum atomic E-state index is -0.607. The first kappa shape index (κ1) is 16.2. The molecule has 2 atom stereocenters. The van der Waals surface area contributed by atoms with Crippen molar-refractivity contribution >= 4 is 11.9 Å². The number of urea groups is 1. The number of hydrogen-bond acceptors (Lipinski definition) is 4. The van der Waals surface area contributed by atoms with Crippen molar-refractivity contribution in [2.24, 2.45) is 0 Å². The quantitative estimate of drug-likeness (QED) is 0.822. The lowest BCUT2D eigenvalue weighted by atomic mass is 10.1. The van der Waals surface area contributed by atoms with Gasteiger partial charge in [-0.3, -0.25) is 4.79 Å². The van der Waals surface area contributed by atoms with Crippen LogP contribution in [0.4, 0.5) is 4.79 Å². The van der Waals surface area contributed by atoms with Gasteiger partial charge in [-0.05, 0) is 19.4 Å². The van der Waals surface area contributed by atoms with Crippen LogP contribution < -0.4 is 5.32 Å². The monoisotopic (exact) mass is 328 g/mol. The molecule has 0 radical (unpaired) electrons. The van der Waals surface area contributed by atoms with Gasteiger partial charge in [-0.15, -0.1) is 0 Å². The first-order valence-corrected chi connectivity index (χ1v) is 7.76. The Hall–Kier alpha value is -2.67. The van der Waals surface area contributed by atoms with Crippen molar-refractivity contribution in [2.45, 2.75) is 26.0 Å². The normalized spacial score (nSPS) is 17.0. The molecular weight excluding hydrogens is 308 g/mol. The van der Waals surface area contributed by atoms with Crippen molar-refractivity contribution in [3.8, 4) is 11.3 Å². The molecule has 2 N–H and O–H groups in total. The summed E-state index contributed by atoms with van der Waals surface area (Å²) in [6.45, 7) is 3.82. The number of aromatic amines is 1. The number of nitrogens with one attached hydrogen (secondary N) is 2. The van der Waals surface area contributed by atoms with Gasteiger partial charge in [0.15, 0.2) is 0 Å². The number of carbonyl (C=O) groups is 2. The molecule has 7 nitrogen and oxygen atoms in total. The first-order chi connectivity index (χ1) is 11.5. The van der Waals surface area contributed by atoms with Gasteiger partial charge in [0.1, 0.15) is 11.9 Å². The zero-order valence-corrected chi connectivity index (χ0v) is 13.9. The van der Waals surface area contributed by atoms with Crippen molar-refractivity contribution in [1.82, 2.24) is 20.2 Å². The summed E-state index contributed by atoms with van der Waals surface area (Å²) < 4.78 is 5.37. The molecule has 2 heterocycles. The van der Waals surface area contributed by atoms with E-state index in [1.54, 1.807) is 20.2 Å². The first-order valence-electron chi connectivity index (χ1n) is 7.76. The van der Waals surface area contributed by atoms with Crippen molar-refractivity contribution in [1.29, 1.82) is 0 Å². The maximum Gasteiger partial charge on any atom is 0.325 e. The van der Waals surface area contributed by atoms with E-state index in [2.05, 4.69) is 15.3 Å². The Morgan fingerprint density at radius 1 is 1.25 bits per heavy atom. The van der Waals surface area contributed by atoms with Gasteiger partial charge < -0.3 is 15.0 Å². The Morgan fingerprint density at radius 2 is 1.96 bits per heavy atom. The van der Waals surface area contributed by atoms with E-state index in [0.717, 1.165) is 11.3 Å². The highest BCUT2D eigenvalue weighted by Gasteiger charge is 2.40. The van der Waals surface area contributed by atoms with Crippen LogP contribution in [0.5, 0.6) is 0 Å². The van der Waals surface area contributed by atoms with E-state index >= 15 is 0 Å². The van der Waals surface area contributed by atoms with Crippen LogP contribution in [0.25, 0.3) is 11.3 Å². The molecule has 1 fully saturated rings. The van der Waals surface area contributed by atoms with Crippen LogP contribution in [-0.2, 0) is 9.53 Å². The third-order valence-electron chi connectivity index (χ3n) is 4.21. The summed E-state index contributed by atoms with van der Waals surface area (Å²) in [5.74, 6) is 0.229. The van der Waals surface area contributed by atoms with Gasteiger partial charge in [0.25, 0.3) is 5.91 Å². The number of H-pyrrole nitrogens is 1. The molecule has 3 amide bonds. The van der Waals surface area contributed by atoms with Crippen LogP contribution in [0.2, 0.25) is 0 Å². The Morgan fingerprint density at radius 3 is 2.54 bits per heavy atom. The summed E-state index contributed by atoms with van der Waals surface area (Å²) in [6.07, 6.45) is 1.31. The molecule has 0 bridgehead atoms. The van der Waals surface area contributed by atoms with Gasteiger partial charge >= 0.3 is 6.03 Å². The van der Waals surface area contributed by atoms with Gasteiger partial charge in [-0.25, -0.2) is 14.7 Å². The van der Waals surface area contributed by atoms with E-state index in [-0.39, 0.29) is 12.5 Å². The number of hydrogen-bond donors (Lipinski definition) is 2. The topological polar surface area (TPSA) is 87.3 Å². The van der Waals surface area contributed by atoms with Crippen LogP contribution >= 0.6 is 0 Å². The van der Waals surface area contributed by atoms with Gasteiger partial charge in [-0.1, -0.05) is 29.8 Å². The molecule has 1 saturated heterocycles. The lowest BCUT2D eigenvalue weighted by molar-refractivity contribution is -0.129. The van der Waals surface area contributed by atoms with Crippen LogP contribution in [0, 0.1) is 6.92 Å². The van der Waals surface area contributed by atoms with Crippen molar-refractivity contribution in [3.05, 3.63) is 41.9 Å². The summed E-state index contributed by atoms with van der Waals surface area (Å²) in [5, 5.41) is 2.53. The molecule has 0 spiro atoms. The Bertz CT molecular complexity index is 737. The molecule has 1 aliphatic rings. The van der Waals surface area contributed by atoms with E-state index in [4.69, 9.17) is 4.74 Å². The van der Waals surface area contributed by atoms with E-state index in [1.807, 2.05) is 31.2 Å². The van der Waals surface area contributed by atoms with Gasteiger partial charge in [-0.2, -0.15) is 0 Å². The Balaban J connectivity index is 1.95. The smallest absolute Gasteiger partial charge is 0.325 e. The summed E-state index contributed by atoms with van der Waals surface area (Å²) >= 11 is 0. The fraction of sp³-hybridized carbons (Fsp3) is 0.353. The van der Waals surface area contributed by atoms with Crippen molar-refractivity contribution in [3.63, 3.8) is 0 Å². The number of nitrogens with zero attached hydrogens (tertiary/aromatic N) is 2. The summed E-state index contributed by atoms with van der Waals surface area (Å²) in [5.41, 5.74) is 2.98. The SMILES string of the molecule is COC(C)C(c1ncc(-c2ccc(C)cc2)[nH]1)N1C(=O)CNC1=O. The number of carbonyl (C=O) groups excluding carboxylic acids is 2. The van der Waals surface area contributed by atoms with E-state index in [9.17, 15) is 9.59 Å². The van der Waals surface area contributed by atoms with Crippen LogP contribution in [-0.4, -0.2) is 46.6 Å². The maximum absolute atomic E-state index is 12.1. The molecular formula is C17H20N4O3. The lowest BCUT2D eigenvalue weighted by Crippen LogP contribution is -2.41. The van der Waals surface area contributed by atoms with Crippen LogP contribution in [0.3, 0.4) is 0 Å². The van der Waals surface area contributed by atoms with Crippen molar-refractivity contribution < 1.29 is 14.3 Å². The Kier molecular flexibility index (Phi) is 4.35. The van der Waals surface area contributed by atoms with Crippen LogP contribution in [0.1, 0.15) is 24.4 Å². The molecule has 2 unspecified atom stereocenters. The number of methoxy groups -OCH3 is 1. The minimum absolute atomic E-state index is 0.00268. The van der Waals surface area contributed by atoms with Gasteiger partial charge in [0.2, 0.25) is 0 Å². The third kappa shape index (κ3) is 2.90. The molecule has 1 aromatic heterocycles. The number of imide groups is 1. The zero-order valence-electron chi connectivity index (χ0n) is 13.9. The Labute approximate surface area is 140 Å². The van der Waals surface area contributed by atoms with Crippen LogP contribution in [0.15, 0.2) is 30.5 Å². The largest absolute Gasteiger partial charge is 0.379 e. The van der Waals surface area contributed by atoms with Gasteiger partial charge in [0, 0.05) is 7.11 Å². The number of aromatic nitrogens is 2.